The lowest BCUT2D eigenvalue weighted by molar-refractivity contribution is -0.0999. The second kappa shape index (κ2) is 8.49. The summed E-state index contributed by atoms with van der Waals surface area (Å²) >= 11 is 0. The number of ether oxygens (including phenoxy) is 1. The summed E-state index contributed by atoms with van der Waals surface area (Å²) < 4.78 is 36.4. The van der Waals surface area contributed by atoms with Crippen molar-refractivity contribution in [2.24, 2.45) is 0 Å². The van der Waals surface area contributed by atoms with Crippen molar-refractivity contribution in [1.82, 2.24) is 4.72 Å². The first-order chi connectivity index (χ1) is 11.8. The zero-order chi connectivity index (χ0) is 20.2. The molecule has 3 N–H and O–H groups in total. The number of carbonyl (C=O) groups excluding carboxylic acids is 1. The Morgan fingerprint density at radius 2 is 1.73 bits per heavy atom. The third-order valence-corrected chi connectivity index (χ3v) is 5.43. The zero-order valence-electron chi connectivity index (χ0n) is 15.6. The van der Waals surface area contributed by atoms with Gasteiger partial charge in [0.2, 0.25) is 10.0 Å². The number of rotatable bonds is 9. The van der Waals surface area contributed by atoms with E-state index in [1.165, 1.54) is 45.2 Å². The maximum absolute atomic E-state index is 12.1. The molecule has 0 fully saturated rings. The fourth-order valence-corrected chi connectivity index (χ4v) is 2.98. The fraction of sp³-hybridized carbons (Fsp3) is 0.562. The van der Waals surface area contributed by atoms with Crippen LogP contribution >= 0.6 is 0 Å². The Morgan fingerprint density at radius 1 is 1.19 bits per heavy atom. The minimum absolute atomic E-state index is 0.319. The number of benzene rings is 1. The van der Waals surface area contributed by atoms with Crippen LogP contribution in [0.4, 0.5) is 0 Å². The molecule has 0 aromatic heterocycles. The Hall–Kier alpha value is -1.46. The second-order valence-corrected chi connectivity index (χ2v) is 8.74. The molecule has 0 aliphatic heterocycles. The predicted octanol–water partition coefficient (Wildman–Crippen LogP) is 0.478. The van der Waals surface area contributed by atoms with Crippen LogP contribution in [0.1, 0.15) is 43.6 Å². The molecule has 26 heavy (non-hydrogen) atoms. The Labute approximate surface area is 154 Å². The van der Waals surface area contributed by atoms with Crippen molar-refractivity contribution >= 4 is 23.1 Å². The van der Waals surface area contributed by atoms with Crippen molar-refractivity contribution in [3.05, 3.63) is 35.4 Å². The molecule has 0 aliphatic rings. The summed E-state index contributed by atoms with van der Waals surface area (Å²) in [7, 11) is -3.89. The number of sulfonamides is 1. The number of aliphatic hydroxyl groups is 1. The quantitative estimate of drug-likeness (QED) is 0.416. The van der Waals surface area contributed by atoms with E-state index in [1.54, 1.807) is 13.8 Å². The molecule has 0 saturated heterocycles. The summed E-state index contributed by atoms with van der Waals surface area (Å²) in [5, 5.41) is 19.9. The van der Waals surface area contributed by atoms with E-state index in [-0.39, 0.29) is 12.2 Å². The maximum atomic E-state index is 12.1. The van der Waals surface area contributed by atoms with Crippen LogP contribution in [0.5, 0.6) is 0 Å². The average Bonchev–Trinajstić information content (AvgIpc) is 2.51. The van der Waals surface area contributed by atoms with E-state index in [0.29, 0.717) is 11.1 Å². The first kappa shape index (κ1) is 22.6. The topological polar surface area (TPSA) is 122 Å². The van der Waals surface area contributed by atoms with Gasteiger partial charge in [0.1, 0.15) is 0 Å². The molecule has 0 radical (unpaired) electrons. The molecule has 0 atom stereocenters. The molecule has 1 aromatic rings. The van der Waals surface area contributed by atoms with Crippen LogP contribution < -0.4 is 4.72 Å². The van der Waals surface area contributed by atoms with Gasteiger partial charge >= 0.3 is 13.1 Å². The highest BCUT2D eigenvalue weighted by atomic mass is 32.2. The third-order valence-electron chi connectivity index (χ3n) is 4.11. The van der Waals surface area contributed by atoms with Gasteiger partial charge in [-0.2, -0.15) is 0 Å². The van der Waals surface area contributed by atoms with Crippen molar-refractivity contribution < 1.29 is 32.7 Å². The molecule has 0 saturated carbocycles. The summed E-state index contributed by atoms with van der Waals surface area (Å²) in [6, 6.07) is 5.96. The molecule has 0 heterocycles. The predicted molar refractivity (Wildman–Crippen MR) is 97.8 cm³/mol. The van der Waals surface area contributed by atoms with Crippen molar-refractivity contribution in [3.8, 4) is 0 Å². The molecule has 0 unspecified atom stereocenters. The molecule has 0 amide bonds. The van der Waals surface area contributed by atoms with E-state index < -0.39 is 34.3 Å². The van der Waals surface area contributed by atoms with Crippen molar-refractivity contribution in [3.63, 3.8) is 0 Å². The van der Waals surface area contributed by atoms with Gasteiger partial charge in [0.15, 0.2) is 0 Å². The highest BCUT2D eigenvalue weighted by Crippen LogP contribution is 2.25. The van der Waals surface area contributed by atoms with Gasteiger partial charge in [0.25, 0.3) is 0 Å². The van der Waals surface area contributed by atoms with Gasteiger partial charge in [-0.15, -0.1) is 0 Å². The van der Waals surface area contributed by atoms with E-state index in [1.807, 2.05) is 0 Å². The summed E-state index contributed by atoms with van der Waals surface area (Å²) in [5.41, 5.74) is -1.52. The van der Waals surface area contributed by atoms with Crippen LogP contribution in [0.15, 0.2) is 24.3 Å². The maximum Gasteiger partial charge on any atom is 0.470 e. The van der Waals surface area contributed by atoms with Gasteiger partial charge in [-0.3, -0.25) is 0 Å². The lowest BCUT2D eigenvalue weighted by Crippen LogP contribution is -2.52. The smallest absolute Gasteiger partial charge is 0.465 e. The molecule has 10 heteroatoms. The van der Waals surface area contributed by atoms with Crippen molar-refractivity contribution in [2.45, 2.75) is 44.6 Å². The standard InChI is InChI=1S/C16H26BNO7S/c1-15(2,20)16(3,4)25-17(21)11-18-26(22,23)10-12-6-8-13(9-7-12)14(19)24-5/h6-9,18,20-21H,10-11H2,1-5H3. The highest BCUT2D eigenvalue weighted by Gasteiger charge is 2.39. The summed E-state index contributed by atoms with van der Waals surface area (Å²) in [6.45, 7) is 6.24. The first-order valence-corrected chi connectivity index (χ1v) is 9.65. The first-order valence-electron chi connectivity index (χ1n) is 8.00. The van der Waals surface area contributed by atoms with Crippen molar-refractivity contribution in [1.29, 1.82) is 0 Å². The van der Waals surface area contributed by atoms with Gasteiger partial charge in [-0.05, 0) is 45.4 Å². The Morgan fingerprint density at radius 3 is 2.19 bits per heavy atom. The largest absolute Gasteiger partial charge is 0.470 e. The minimum Gasteiger partial charge on any atom is -0.465 e. The van der Waals surface area contributed by atoms with Crippen LogP contribution in [0, 0.1) is 0 Å². The number of methoxy groups -OCH3 is 1. The van der Waals surface area contributed by atoms with Crippen LogP contribution in [0.2, 0.25) is 0 Å². The normalized spacial score (nSPS) is 12.7. The van der Waals surface area contributed by atoms with Gasteiger partial charge in [0, 0.05) is 6.44 Å². The highest BCUT2D eigenvalue weighted by molar-refractivity contribution is 7.88. The van der Waals surface area contributed by atoms with Crippen LogP contribution in [0.25, 0.3) is 0 Å². The van der Waals surface area contributed by atoms with Crippen LogP contribution in [-0.2, 0) is 25.2 Å². The van der Waals surface area contributed by atoms with Crippen LogP contribution in [0.3, 0.4) is 0 Å². The lowest BCUT2D eigenvalue weighted by Gasteiger charge is -2.38. The summed E-state index contributed by atoms with van der Waals surface area (Å²) in [5.74, 6) is -0.831. The minimum atomic E-state index is -3.73. The van der Waals surface area contributed by atoms with E-state index >= 15 is 0 Å². The molecule has 0 bridgehead atoms. The zero-order valence-corrected chi connectivity index (χ0v) is 16.5. The molecule has 8 nitrogen and oxygen atoms in total. The molecule has 0 spiro atoms. The second-order valence-electron chi connectivity index (χ2n) is 6.94. The van der Waals surface area contributed by atoms with Gasteiger partial charge in [-0.1, -0.05) is 12.1 Å². The summed E-state index contributed by atoms with van der Waals surface area (Å²) in [4.78, 5) is 11.4. The summed E-state index contributed by atoms with van der Waals surface area (Å²) in [6.07, 6.45) is -0.359. The molecule has 146 valence electrons. The van der Waals surface area contributed by atoms with Gasteiger partial charge in [0.05, 0.1) is 29.6 Å². The molecule has 1 rings (SSSR count). The van der Waals surface area contributed by atoms with E-state index in [9.17, 15) is 23.3 Å². The lowest BCUT2D eigenvalue weighted by atomic mass is 9.83. The average molecular weight is 387 g/mol. The number of nitrogens with one attached hydrogen (secondary N) is 1. The number of esters is 1. The van der Waals surface area contributed by atoms with E-state index in [2.05, 4.69) is 9.46 Å². The van der Waals surface area contributed by atoms with Gasteiger partial charge in [-0.25, -0.2) is 17.9 Å². The number of carbonyl (C=O) groups is 1. The molecule has 0 aliphatic carbocycles. The Bertz CT molecular complexity index is 711. The molecular weight excluding hydrogens is 361 g/mol. The monoisotopic (exact) mass is 387 g/mol. The molecule has 1 aromatic carbocycles. The van der Waals surface area contributed by atoms with Crippen molar-refractivity contribution in [2.75, 3.05) is 13.6 Å². The van der Waals surface area contributed by atoms with E-state index in [4.69, 9.17) is 4.65 Å². The molecular formula is C16H26BNO7S. The fourth-order valence-electron chi connectivity index (χ4n) is 1.85. The van der Waals surface area contributed by atoms with Gasteiger partial charge < -0.3 is 19.5 Å². The van der Waals surface area contributed by atoms with Crippen LogP contribution in [-0.4, -0.2) is 56.4 Å². The number of hydrogen-bond donors (Lipinski definition) is 3. The Balaban J connectivity index is 2.63. The number of hydrogen-bond acceptors (Lipinski definition) is 7. The SMILES string of the molecule is COC(=O)c1ccc(CS(=O)(=O)NCB(O)OC(C)(C)C(C)(C)O)cc1. The third kappa shape index (κ3) is 6.69. The van der Waals surface area contributed by atoms with E-state index in [0.717, 1.165) is 0 Å². The Kier molecular flexibility index (Phi) is 7.37.